The molecule has 1 rings (SSSR count). The van der Waals surface area contributed by atoms with Crippen LogP contribution in [0.5, 0.6) is 0 Å². The van der Waals surface area contributed by atoms with Crippen molar-refractivity contribution in [2.24, 2.45) is 16.8 Å². The summed E-state index contributed by atoms with van der Waals surface area (Å²) in [6.07, 6.45) is -7.38. The van der Waals surface area contributed by atoms with E-state index in [1.54, 1.807) is 13.8 Å². The van der Waals surface area contributed by atoms with Crippen LogP contribution in [-0.2, 0) is 17.1 Å². The largest absolute Gasteiger partial charge is 0.416 e. The quantitative estimate of drug-likeness (QED) is 0.235. The number of amides is 1. The molecule has 0 saturated carbocycles. The average Bonchev–Trinajstić information content (AvgIpc) is 2.62. The first-order valence-electron chi connectivity index (χ1n) is 8.17. The highest BCUT2D eigenvalue weighted by Gasteiger charge is 2.37. The minimum Gasteiger partial charge on any atom is -0.365 e. The van der Waals surface area contributed by atoms with Crippen molar-refractivity contribution >= 4 is 27.5 Å². The summed E-state index contributed by atoms with van der Waals surface area (Å²) in [5.41, 5.74) is 1.79. The Morgan fingerprint density at radius 1 is 1.21 bits per heavy atom. The van der Waals surface area contributed by atoms with E-state index in [-0.39, 0.29) is 21.8 Å². The van der Waals surface area contributed by atoms with Gasteiger partial charge in [-0.2, -0.15) is 31.4 Å². The Kier molecular flexibility index (Phi) is 8.07. The molecule has 0 bridgehead atoms. The van der Waals surface area contributed by atoms with Gasteiger partial charge in [0.2, 0.25) is 0 Å². The molecule has 4 nitrogen and oxygen atoms in total. The molecule has 0 aromatic heterocycles. The SMILES string of the molecule is C=CN(/C=C(\Br)C(N)=O)/N=C(/c1cc(C(F)(F)F)cc(C(F)(F)F)c1)C(C)CC. The highest BCUT2D eigenvalue weighted by atomic mass is 79.9. The molecule has 0 aliphatic carbocycles. The summed E-state index contributed by atoms with van der Waals surface area (Å²) in [7, 11) is 0. The van der Waals surface area contributed by atoms with Gasteiger partial charge in [0, 0.05) is 18.3 Å². The average molecular weight is 486 g/mol. The lowest BCUT2D eigenvalue weighted by Crippen LogP contribution is -2.20. The Morgan fingerprint density at radius 2 is 1.69 bits per heavy atom. The summed E-state index contributed by atoms with van der Waals surface area (Å²) in [6, 6.07) is 1.26. The predicted molar refractivity (Wildman–Crippen MR) is 101 cm³/mol. The van der Waals surface area contributed by atoms with E-state index in [4.69, 9.17) is 5.73 Å². The zero-order chi connectivity index (χ0) is 22.6. The second kappa shape index (κ2) is 9.47. The van der Waals surface area contributed by atoms with Gasteiger partial charge in [-0.1, -0.05) is 20.4 Å². The third-order valence-electron chi connectivity index (χ3n) is 3.85. The number of carbonyl (C=O) groups excluding carboxylic acids is 1. The normalized spacial score (nSPS) is 14.5. The van der Waals surface area contributed by atoms with Crippen molar-refractivity contribution in [3.05, 3.63) is 58.4 Å². The summed E-state index contributed by atoms with van der Waals surface area (Å²) in [5, 5.41) is 5.06. The number of alkyl halides is 6. The fourth-order valence-corrected chi connectivity index (χ4v) is 2.37. The standard InChI is InChI=1S/C18H18BrF6N3O/c1-4-10(3)15(27-28(5-2)9-14(19)16(26)29)11-6-12(17(20,21)22)8-13(7-11)18(23,24)25/h5-10H,2,4H2,1,3H3,(H2,26,29)/b14-9-,27-15+. The van der Waals surface area contributed by atoms with E-state index in [2.05, 4.69) is 27.6 Å². The molecule has 29 heavy (non-hydrogen) atoms. The van der Waals surface area contributed by atoms with Crippen LogP contribution in [0.3, 0.4) is 0 Å². The minimum atomic E-state index is -4.98. The predicted octanol–water partition coefficient (Wildman–Crippen LogP) is 5.64. The van der Waals surface area contributed by atoms with Gasteiger partial charge in [-0.05, 0) is 46.1 Å². The van der Waals surface area contributed by atoms with Crippen LogP contribution in [0.1, 0.15) is 37.0 Å². The van der Waals surface area contributed by atoms with Crippen LogP contribution in [0.15, 0.2) is 46.8 Å². The highest BCUT2D eigenvalue weighted by Crippen LogP contribution is 2.37. The molecule has 0 saturated heterocycles. The fourth-order valence-electron chi connectivity index (χ4n) is 2.16. The molecule has 0 heterocycles. The van der Waals surface area contributed by atoms with Crippen molar-refractivity contribution in [2.75, 3.05) is 0 Å². The first-order chi connectivity index (χ1) is 13.2. The van der Waals surface area contributed by atoms with Crippen molar-refractivity contribution < 1.29 is 31.1 Å². The zero-order valence-corrected chi connectivity index (χ0v) is 17.0. The summed E-state index contributed by atoms with van der Waals surface area (Å²) in [5.74, 6) is -1.36. The van der Waals surface area contributed by atoms with Crippen molar-refractivity contribution in [1.82, 2.24) is 5.01 Å². The number of hydrogen-bond acceptors (Lipinski definition) is 3. The number of rotatable bonds is 7. The minimum absolute atomic E-state index is 0.0482. The van der Waals surface area contributed by atoms with Crippen LogP contribution in [0.2, 0.25) is 0 Å². The number of primary amides is 1. The third-order valence-corrected chi connectivity index (χ3v) is 4.45. The molecular formula is C18H18BrF6N3O. The van der Waals surface area contributed by atoms with Crippen LogP contribution in [0.4, 0.5) is 26.3 Å². The summed E-state index contributed by atoms with van der Waals surface area (Å²) in [4.78, 5) is 11.2. The highest BCUT2D eigenvalue weighted by molar-refractivity contribution is 9.12. The van der Waals surface area contributed by atoms with Crippen molar-refractivity contribution in [3.63, 3.8) is 0 Å². The third kappa shape index (κ3) is 6.91. The van der Waals surface area contributed by atoms with E-state index in [1.807, 2.05) is 0 Å². The van der Waals surface area contributed by atoms with Crippen LogP contribution < -0.4 is 5.73 Å². The first kappa shape index (κ1) is 24.7. The molecule has 1 aromatic rings. The van der Waals surface area contributed by atoms with Crippen LogP contribution in [-0.4, -0.2) is 16.6 Å². The molecule has 11 heteroatoms. The van der Waals surface area contributed by atoms with Gasteiger partial charge in [-0.3, -0.25) is 4.79 Å². The molecule has 1 atom stereocenters. The van der Waals surface area contributed by atoms with Crippen molar-refractivity contribution in [2.45, 2.75) is 32.6 Å². The molecule has 0 aliphatic rings. The van der Waals surface area contributed by atoms with E-state index >= 15 is 0 Å². The lowest BCUT2D eigenvalue weighted by atomic mass is 9.93. The van der Waals surface area contributed by atoms with Gasteiger partial charge >= 0.3 is 12.4 Å². The van der Waals surface area contributed by atoms with Gasteiger partial charge in [0.25, 0.3) is 5.91 Å². The number of hydrogen-bond donors (Lipinski definition) is 1. The van der Waals surface area contributed by atoms with E-state index in [1.165, 1.54) is 0 Å². The summed E-state index contributed by atoms with van der Waals surface area (Å²) >= 11 is 2.89. The van der Waals surface area contributed by atoms with E-state index < -0.39 is 35.3 Å². The molecule has 0 spiro atoms. The number of nitrogens with zero attached hydrogens (tertiary/aromatic N) is 2. The molecule has 160 valence electrons. The Bertz CT molecular complexity index is 798. The maximum Gasteiger partial charge on any atom is 0.416 e. The number of halogens is 7. The fraction of sp³-hybridized carbons (Fsp3) is 0.333. The van der Waals surface area contributed by atoms with Gasteiger partial charge in [0.15, 0.2) is 0 Å². The lowest BCUT2D eigenvalue weighted by molar-refractivity contribution is -0.143. The van der Waals surface area contributed by atoms with Gasteiger partial charge in [-0.15, -0.1) is 0 Å². The summed E-state index contributed by atoms with van der Waals surface area (Å²) < 4.78 is 78.9. The van der Waals surface area contributed by atoms with Crippen molar-refractivity contribution in [3.8, 4) is 0 Å². The molecule has 1 aromatic carbocycles. The molecule has 0 fully saturated rings. The molecular weight excluding hydrogens is 468 g/mol. The monoisotopic (exact) mass is 485 g/mol. The molecule has 1 unspecified atom stereocenters. The maximum atomic E-state index is 13.2. The number of carbonyl (C=O) groups is 1. The zero-order valence-electron chi connectivity index (χ0n) is 15.4. The summed E-state index contributed by atoms with van der Waals surface area (Å²) in [6.45, 7) is 6.76. The topological polar surface area (TPSA) is 58.7 Å². The van der Waals surface area contributed by atoms with Gasteiger partial charge in [0.1, 0.15) is 4.48 Å². The number of hydrazone groups is 1. The van der Waals surface area contributed by atoms with Crippen LogP contribution in [0.25, 0.3) is 0 Å². The first-order valence-corrected chi connectivity index (χ1v) is 8.96. The van der Waals surface area contributed by atoms with Crippen molar-refractivity contribution in [1.29, 1.82) is 0 Å². The Morgan fingerprint density at radius 3 is 2.03 bits per heavy atom. The Labute approximate surface area is 171 Å². The van der Waals surface area contributed by atoms with Crippen LogP contribution >= 0.6 is 15.9 Å². The van der Waals surface area contributed by atoms with E-state index in [0.29, 0.717) is 18.6 Å². The van der Waals surface area contributed by atoms with Gasteiger partial charge in [-0.25, -0.2) is 5.01 Å². The Hall–Kier alpha value is -2.30. The second-order valence-electron chi connectivity index (χ2n) is 5.99. The number of nitrogens with two attached hydrogens (primary N) is 1. The number of benzene rings is 1. The van der Waals surface area contributed by atoms with Gasteiger partial charge < -0.3 is 5.73 Å². The van der Waals surface area contributed by atoms with Crippen LogP contribution in [0, 0.1) is 5.92 Å². The lowest BCUT2D eigenvalue weighted by Gasteiger charge is -2.20. The molecule has 1 amide bonds. The second-order valence-corrected chi connectivity index (χ2v) is 6.85. The molecule has 0 aliphatic heterocycles. The Balaban J connectivity index is 3.73. The molecule has 0 radical (unpaired) electrons. The maximum absolute atomic E-state index is 13.2. The smallest absolute Gasteiger partial charge is 0.365 e. The van der Waals surface area contributed by atoms with E-state index in [9.17, 15) is 31.1 Å². The molecule has 2 N–H and O–H groups in total. The van der Waals surface area contributed by atoms with Gasteiger partial charge in [0.05, 0.1) is 16.8 Å². The van der Waals surface area contributed by atoms with E-state index in [0.717, 1.165) is 17.4 Å².